The lowest BCUT2D eigenvalue weighted by atomic mass is 10.1. The molecule has 0 bridgehead atoms. The summed E-state index contributed by atoms with van der Waals surface area (Å²) in [5.41, 5.74) is 2.73. The number of amides is 2. The summed E-state index contributed by atoms with van der Waals surface area (Å²) in [5, 5.41) is 3.22. The SMILES string of the molecule is CCC(C(=O)NC(C)C)N(Cc1ccc(F)cc1)C(=O)CN(c1ccc(C)c(C)c1)S(=O)(=O)c1ccc(Cl)cc1. The second-order valence-corrected chi connectivity index (χ2v) is 12.3. The molecule has 0 fully saturated rings. The number of nitrogens with zero attached hydrogens (tertiary/aromatic N) is 2. The van der Waals surface area contributed by atoms with Gasteiger partial charge in [0.15, 0.2) is 0 Å². The van der Waals surface area contributed by atoms with Gasteiger partial charge in [-0.05, 0) is 99.3 Å². The number of hydrogen-bond donors (Lipinski definition) is 1. The summed E-state index contributed by atoms with van der Waals surface area (Å²) in [6, 6.07) is 15.5. The van der Waals surface area contributed by atoms with Crippen LogP contribution in [0.5, 0.6) is 0 Å². The summed E-state index contributed by atoms with van der Waals surface area (Å²) in [6.07, 6.45) is 0.291. The largest absolute Gasteiger partial charge is 0.352 e. The van der Waals surface area contributed by atoms with Gasteiger partial charge < -0.3 is 10.2 Å². The third-order valence-electron chi connectivity index (χ3n) is 6.54. The van der Waals surface area contributed by atoms with Gasteiger partial charge in [0.2, 0.25) is 11.8 Å². The third-order valence-corrected chi connectivity index (χ3v) is 8.58. The molecular weight excluding hydrogens is 553 g/mol. The van der Waals surface area contributed by atoms with Crippen LogP contribution in [0.3, 0.4) is 0 Å². The number of halogens is 2. The topological polar surface area (TPSA) is 86.8 Å². The van der Waals surface area contributed by atoms with Crippen molar-refractivity contribution >= 4 is 39.1 Å². The Morgan fingerprint density at radius 2 is 1.57 bits per heavy atom. The third kappa shape index (κ3) is 7.61. The lowest BCUT2D eigenvalue weighted by Gasteiger charge is -2.33. The lowest BCUT2D eigenvalue weighted by Crippen LogP contribution is -2.53. The molecule has 2 amide bonds. The van der Waals surface area contributed by atoms with E-state index in [9.17, 15) is 22.4 Å². The highest BCUT2D eigenvalue weighted by Gasteiger charge is 2.34. The minimum Gasteiger partial charge on any atom is -0.352 e. The highest BCUT2D eigenvalue weighted by molar-refractivity contribution is 7.92. The van der Waals surface area contributed by atoms with Crippen LogP contribution in [0, 0.1) is 19.7 Å². The van der Waals surface area contributed by atoms with Crippen molar-refractivity contribution in [3.05, 3.63) is 94.3 Å². The van der Waals surface area contributed by atoms with Crippen molar-refractivity contribution in [2.45, 2.75) is 64.6 Å². The van der Waals surface area contributed by atoms with Crippen molar-refractivity contribution in [3.63, 3.8) is 0 Å². The first kappa shape index (κ1) is 31.1. The minimum absolute atomic E-state index is 0.00903. The average Bonchev–Trinajstić information content (AvgIpc) is 2.89. The lowest BCUT2D eigenvalue weighted by molar-refractivity contribution is -0.140. The smallest absolute Gasteiger partial charge is 0.264 e. The molecule has 3 aromatic carbocycles. The van der Waals surface area contributed by atoms with Crippen LogP contribution in [0.1, 0.15) is 43.9 Å². The van der Waals surface area contributed by atoms with E-state index in [0.29, 0.717) is 22.7 Å². The molecule has 3 rings (SSSR count). The molecule has 0 aliphatic carbocycles. The summed E-state index contributed by atoms with van der Waals surface area (Å²) in [6.45, 7) is 8.61. The van der Waals surface area contributed by atoms with Crippen molar-refractivity contribution in [2.24, 2.45) is 0 Å². The van der Waals surface area contributed by atoms with Gasteiger partial charge in [-0.3, -0.25) is 13.9 Å². The van der Waals surface area contributed by atoms with Crippen LogP contribution < -0.4 is 9.62 Å². The van der Waals surface area contributed by atoms with E-state index in [1.54, 1.807) is 25.1 Å². The Bertz CT molecular complexity index is 1440. The molecular formula is C30H35ClFN3O4S. The molecule has 1 N–H and O–H groups in total. The normalized spacial score (nSPS) is 12.2. The van der Waals surface area contributed by atoms with Gasteiger partial charge in [-0.2, -0.15) is 0 Å². The van der Waals surface area contributed by atoms with Crippen LogP contribution in [0.2, 0.25) is 5.02 Å². The molecule has 1 unspecified atom stereocenters. The van der Waals surface area contributed by atoms with E-state index in [1.807, 2.05) is 27.7 Å². The maximum absolute atomic E-state index is 14.0. The Morgan fingerprint density at radius 3 is 2.12 bits per heavy atom. The van der Waals surface area contributed by atoms with E-state index in [4.69, 9.17) is 11.6 Å². The van der Waals surface area contributed by atoms with Gasteiger partial charge in [0.05, 0.1) is 10.6 Å². The molecule has 1 atom stereocenters. The maximum atomic E-state index is 14.0. The first-order valence-corrected chi connectivity index (χ1v) is 14.8. The Balaban J connectivity index is 2.08. The molecule has 214 valence electrons. The minimum atomic E-state index is -4.20. The van der Waals surface area contributed by atoms with Gasteiger partial charge in [0.1, 0.15) is 18.4 Å². The predicted molar refractivity (Wildman–Crippen MR) is 156 cm³/mol. The number of carbonyl (C=O) groups is 2. The Kier molecular flexibility index (Phi) is 10.3. The van der Waals surface area contributed by atoms with Crippen molar-refractivity contribution in [2.75, 3.05) is 10.8 Å². The standard InChI is InChI=1S/C30H35ClFN3O4S/c1-6-28(30(37)33-20(2)3)34(18-23-8-12-25(32)13-9-23)29(36)19-35(26-14-7-21(4)22(5)17-26)40(38,39)27-15-10-24(31)11-16-27/h7-17,20,28H,6,18-19H2,1-5H3,(H,33,37). The monoisotopic (exact) mass is 587 g/mol. The van der Waals surface area contributed by atoms with E-state index in [0.717, 1.165) is 15.4 Å². The molecule has 0 heterocycles. The van der Waals surface area contributed by atoms with Crippen molar-refractivity contribution in [3.8, 4) is 0 Å². The fraction of sp³-hybridized carbons (Fsp3) is 0.333. The second-order valence-electron chi connectivity index (χ2n) is 9.97. The van der Waals surface area contributed by atoms with E-state index < -0.39 is 34.3 Å². The number of sulfonamides is 1. The summed E-state index contributed by atoms with van der Waals surface area (Å²) >= 11 is 6.00. The van der Waals surface area contributed by atoms with Gasteiger partial charge in [-0.15, -0.1) is 0 Å². The Morgan fingerprint density at radius 1 is 0.950 bits per heavy atom. The summed E-state index contributed by atoms with van der Waals surface area (Å²) < 4.78 is 42.5. The quantitative estimate of drug-likeness (QED) is 0.315. The first-order valence-electron chi connectivity index (χ1n) is 13.0. The molecule has 3 aromatic rings. The van der Waals surface area contributed by atoms with E-state index in [2.05, 4.69) is 5.32 Å². The number of benzene rings is 3. The van der Waals surface area contributed by atoms with Gasteiger partial charge >= 0.3 is 0 Å². The van der Waals surface area contributed by atoms with E-state index in [1.165, 1.54) is 53.4 Å². The molecule has 40 heavy (non-hydrogen) atoms. The van der Waals surface area contributed by atoms with Crippen LogP contribution in [0.15, 0.2) is 71.6 Å². The summed E-state index contributed by atoms with van der Waals surface area (Å²) in [7, 11) is -4.20. The van der Waals surface area contributed by atoms with Crippen molar-refractivity contribution in [1.29, 1.82) is 0 Å². The van der Waals surface area contributed by atoms with Crippen molar-refractivity contribution in [1.82, 2.24) is 10.2 Å². The molecule has 0 saturated carbocycles. The Labute approximate surface area is 241 Å². The molecule has 10 heteroatoms. The number of nitrogens with one attached hydrogen (secondary N) is 1. The van der Waals surface area contributed by atoms with Gasteiger partial charge in [-0.25, -0.2) is 12.8 Å². The molecule has 0 saturated heterocycles. The summed E-state index contributed by atoms with van der Waals surface area (Å²) in [4.78, 5) is 28.5. The highest BCUT2D eigenvalue weighted by Crippen LogP contribution is 2.27. The van der Waals surface area contributed by atoms with E-state index >= 15 is 0 Å². The molecule has 0 aliphatic heterocycles. The maximum Gasteiger partial charge on any atom is 0.264 e. The number of rotatable bonds is 11. The zero-order chi connectivity index (χ0) is 29.6. The summed E-state index contributed by atoms with van der Waals surface area (Å²) in [5.74, 6) is -1.36. The van der Waals surface area contributed by atoms with Crippen LogP contribution >= 0.6 is 11.6 Å². The van der Waals surface area contributed by atoms with Crippen LogP contribution in [-0.4, -0.2) is 43.8 Å². The number of anilines is 1. The Hall–Kier alpha value is -3.43. The molecule has 0 spiro atoms. The van der Waals surface area contributed by atoms with Gasteiger partial charge in [0.25, 0.3) is 10.0 Å². The zero-order valence-electron chi connectivity index (χ0n) is 23.3. The number of aryl methyl sites for hydroxylation is 2. The highest BCUT2D eigenvalue weighted by atomic mass is 35.5. The number of hydrogen-bond acceptors (Lipinski definition) is 4. The van der Waals surface area contributed by atoms with E-state index in [-0.39, 0.29) is 23.4 Å². The molecule has 0 radical (unpaired) electrons. The molecule has 0 aromatic heterocycles. The van der Waals surface area contributed by atoms with Gasteiger partial charge in [-0.1, -0.05) is 36.7 Å². The molecule has 7 nitrogen and oxygen atoms in total. The first-order chi connectivity index (χ1) is 18.8. The van der Waals surface area contributed by atoms with Gasteiger partial charge in [0, 0.05) is 17.6 Å². The van der Waals surface area contributed by atoms with Crippen molar-refractivity contribution < 1.29 is 22.4 Å². The van der Waals surface area contributed by atoms with Crippen LogP contribution in [-0.2, 0) is 26.2 Å². The van der Waals surface area contributed by atoms with Crippen LogP contribution in [0.25, 0.3) is 0 Å². The fourth-order valence-electron chi connectivity index (χ4n) is 4.23. The average molecular weight is 588 g/mol. The predicted octanol–water partition coefficient (Wildman–Crippen LogP) is 5.62. The zero-order valence-corrected chi connectivity index (χ0v) is 24.9. The number of carbonyl (C=O) groups excluding carboxylic acids is 2. The fourth-order valence-corrected chi connectivity index (χ4v) is 5.76. The second kappa shape index (κ2) is 13.3. The van der Waals surface area contributed by atoms with Crippen LogP contribution in [0.4, 0.5) is 10.1 Å². The molecule has 0 aliphatic rings.